The summed E-state index contributed by atoms with van der Waals surface area (Å²) in [6, 6.07) is 8.42. The van der Waals surface area contributed by atoms with Crippen LogP contribution in [0.3, 0.4) is 0 Å². The molecule has 1 aromatic carbocycles. The van der Waals surface area contributed by atoms with Gasteiger partial charge in [-0.1, -0.05) is 52.0 Å². The van der Waals surface area contributed by atoms with Crippen molar-refractivity contribution in [3.63, 3.8) is 0 Å². The molecule has 0 saturated carbocycles. The van der Waals surface area contributed by atoms with Gasteiger partial charge in [0.25, 0.3) is 0 Å². The van der Waals surface area contributed by atoms with Gasteiger partial charge in [-0.05, 0) is 35.8 Å². The standard InChI is InChI=1S/C15H24O/c1-5-12(4)13-6-8-14(9-7-13)15(16)10-11(2)3/h6-9,11-12,15-16H,5,10H2,1-4H3. The quantitative estimate of drug-likeness (QED) is 0.785. The van der Waals surface area contributed by atoms with Crippen molar-refractivity contribution in [3.8, 4) is 0 Å². The summed E-state index contributed by atoms with van der Waals surface area (Å²) in [6.45, 7) is 8.71. The van der Waals surface area contributed by atoms with Crippen LogP contribution in [-0.4, -0.2) is 5.11 Å². The van der Waals surface area contributed by atoms with Crippen LogP contribution >= 0.6 is 0 Å². The van der Waals surface area contributed by atoms with E-state index in [-0.39, 0.29) is 6.10 Å². The van der Waals surface area contributed by atoms with Crippen LogP contribution in [-0.2, 0) is 0 Å². The van der Waals surface area contributed by atoms with E-state index in [2.05, 4.69) is 52.0 Å². The van der Waals surface area contributed by atoms with E-state index >= 15 is 0 Å². The van der Waals surface area contributed by atoms with E-state index in [0.717, 1.165) is 18.4 Å². The fraction of sp³-hybridized carbons (Fsp3) is 0.600. The minimum absolute atomic E-state index is 0.314. The fourth-order valence-corrected chi connectivity index (χ4v) is 1.86. The van der Waals surface area contributed by atoms with Crippen LogP contribution in [0.2, 0.25) is 0 Å². The van der Waals surface area contributed by atoms with Gasteiger partial charge < -0.3 is 5.11 Å². The molecule has 2 unspecified atom stereocenters. The van der Waals surface area contributed by atoms with E-state index in [0.29, 0.717) is 11.8 Å². The monoisotopic (exact) mass is 220 g/mol. The van der Waals surface area contributed by atoms with E-state index in [4.69, 9.17) is 0 Å². The Morgan fingerprint density at radius 3 is 1.94 bits per heavy atom. The van der Waals surface area contributed by atoms with Crippen molar-refractivity contribution >= 4 is 0 Å². The molecule has 1 N–H and O–H groups in total. The molecule has 0 aliphatic heterocycles. The molecule has 2 atom stereocenters. The highest BCUT2D eigenvalue weighted by Crippen LogP contribution is 2.24. The van der Waals surface area contributed by atoms with Crippen molar-refractivity contribution in [3.05, 3.63) is 35.4 Å². The summed E-state index contributed by atoms with van der Waals surface area (Å²) in [7, 11) is 0. The van der Waals surface area contributed by atoms with Crippen molar-refractivity contribution in [1.82, 2.24) is 0 Å². The Balaban J connectivity index is 2.70. The molecule has 0 aliphatic carbocycles. The number of aliphatic hydroxyl groups is 1. The van der Waals surface area contributed by atoms with Gasteiger partial charge in [0.1, 0.15) is 0 Å². The summed E-state index contributed by atoms with van der Waals surface area (Å²) in [6.07, 6.45) is 1.68. The van der Waals surface area contributed by atoms with Gasteiger partial charge in [-0.3, -0.25) is 0 Å². The molecule has 1 heteroatoms. The zero-order valence-electron chi connectivity index (χ0n) is 10.9. The Kier molecular flexibility index (Phi) is 5.01. The second-order valence-electron chi connectivity index (χ2n) is 5.12. The molecular formula is C15H24O. The number of hydrogen-bond acceptors (Lipinski definition) is 1. The van der Waals surface area contributed by atoms with Gasteiger partial charge in [0.2, 0.25) is 0 Å². The SMILES string of the molecule is CCC(C)c1ccc(C(O)CC(C)C)cc1. The first-order valence-corrected chi connectivity index (χ1v) is 6.32. The summed E-state index contributed by atoms with van der Waals surface area (Å²) in [5.74, 6) is 1.14. The van der Waals surface area contributed by atoms with E-state index < -0.39 is 0 Å². The molecule has 1 rings (SSSR count). The Morgan fingerprint density at radius 1 is 1.00 bits per heavy atom. The molecule has 0 aliphatic rings. The van der Waals surface area contributed by atoms with Gasteiger partial charge in [-0.15, -0.1) is 0 Å². The zero-order chi connectivity index (χ0) is 12.1. The number of hydrogen-bond donors (Lipinski definition) is 1. The lowest BCUT2D eigenvalue weighted by molar-refractivity contribution is 0.151. The third-order valence-corrected chi connectivity index (χ3v) is 3.20. The molecule has 0 bridgehead atoms. The van der Waals surface area contributed by atoms with E-state index in [1.807, 2.05) is 0 Å². The predicted molar refractivity (Wildman–Crippen MR) is 69.6 cm³/mol. The molecule has 0 amide bonds. The molecule has 0 spiro atoms. The first-order chi connectivity index (χ1) is 7.54. The maximum Gasteiger partial charge on any atom is 0.0792 e. The Morgan fingerprint density at radius 2 is 1.50 bits per heavy atom. The first kappa shape index (κ1) is 13.2. The molecule has 16 heavy (non-hydrogen) atoms. The second-order valence-corrected chi connectivity index (χ2v) is 5.12. The average molecular weight is 220 g/mol. The van der Waals surface area contributed by atoms with Crippen molar-refractivity contribution in [2.24, 2.45) is 5.92 Å². The van der Waals surface area contributed by atoms with Crippen LogP contribution in [0.4, 0.5) is 0 Å². The highest BCUT2D eigenvalue weighted by atomic mass is 16.3. The van der Waals surface area contributed by atoms with Gasteiger partial charge in [0.15, 0.2) is 0 Å². The highest BCUT2D eigenvalue weighted by molar-refractivity contribution is 5.26. The van der Waals surface area contributed by atoms with Crippen LogP contribution in [0.25, 0.3) is 0 Å². The molecule has 0 saturated heterocycles. The molecular weight excluding hydrogens is 196 g/mol. The maximum atomic E-state index is 9.98. The summed E-state index contributed by atoms with van der Waals surface area (Å²) < 4.78 is 0. The molecule has 0 heterocycles. The van der Waals surface area contributed by atoms with Crippen LogP contribution in [0.1, 0.15) is 63.7 Å². The normalized spacial score (nSPS) is 15.1. The zero-order valence-corrected chi connectivity index (χ0v) is 10.9. The maximum absolute atomic E-state index is 9.98. The molecule has 1 aromatic rings. The van der Waals surface area contributed by atoms with Crippen molar-refractivity contribution in [2.75, 3.05) is 0 Å². The lowest BCUT2D eigenvalue weighted by Gasteiger charge is -2.15. The Hall–Kier alpha value is -0.820. The topological polar surface area (TPSA) is 20.2 Å². The van der Waals surface area contributed by atoms with Crippen molar-refractivity contribution in [2.45, 2.75) is 52.6 Å². The van der Waals surface area contributed by atoms with E-state index in [1.165, 1.54) is 5.56 Å². The van der Waals surface area contributed by atoms with Crippen LogP contribution in [0, 0.1) is 5.92 Å². The summed E-state index contributed by atoms with van der Waals surface area (Å²) >= 11 is 0. The summed E-state index contributed by atoms with van der Waals surface area (Å²) in [5.41, 5.74) is 2.41. The third-order valence-electron chi connectivity index (χ3n) is 3.20. The Labute approximate surface area is 99.5 Å². The highest BCUT2D eigenvalue weighted by Gasteiger charge is 2.10. The lowest BCUT2D eigenvalue weighted by Crippen LogP contribution is -2.02. The van der Waals surface area contributed by atoms with Gasteiger partial charge in [-0.25, -0.2) is 0 Å². The van der Waals surface area contributed by atoms with Crippen LogP contribution in [0.5, 0.6) is 0 Å². The summed E-state index contributed by atoms with van der Waals surface area (Å²) in [4.78, 5) is 0. The first-order valence-electron chi connectivity index (χ1n) is 6.32. The fourth-order valence-electron chi connectivity index (χ4n) is 1.86. The molecule has 90 valence electrons. The lowest BCUT2D eigenvalue weighted by atomic mass is 9.94. The van der Waals surface area contributed by atoms with Gasteiger partial charge >= 0.3 is 0 Å². The van der Waals surface area contributed by atoms with Crippen LogP contribution in [0.15, 0.2) is 24.3 Å². The Bertz CT molecular complexity index is 300. The molecule has 0 fully saturated rings. The minimum atomic E-state index is -0.314. The van der Waals surface area contributed by atoms with Crippen molar-refractivity contribution < 1.29 is 5.11 Å². The molecule has 0 radical (unpaired) electrons. The summed E-state index contributed by atoms with van der Waals surface area (Å²) in [5, 5.41) is 9.98. The molecule has 1 nitrogen and oxygen atoms in total. The predicted octanol–water partition coefficient (Wildman–Crippen LogP) is 4.28. The third kappa shape index (κ3) is 3.64. The number of aliphatic hydroxyl groups excluding tert-OH is 1. The van der Waals surface area contributed by atoms with Gasteiger partial charge in [0, 0.05) is 0 Å². The van der Waals surface area contributed by atoms with E-state index in [1.54, 1.807) is 0 Å². The molecule has 0 aromatic heterocycles. The number of rotatable bonds is 5. The minimum Gasteiger partial charge on any atom is -0.388 e. The van der Waals surface area contributed by atoms with Crippen molar-refractivity contribution in [1.29, 1.82) is 0 Å². The largest absolute Gasteiger partial charge is 0.388 e. The number of benzene rings is 1. The van der Waals surface area contributed by atoms with Gasteiger partial charge in [-0.2, -0.15) is 0 Å². The average Bonchev–Trinajstić information content (AvgIpc) is 2.27. The smallest absolute Gasteiger partial charge is 0.0792 e. The second kappa shape index (κ2) is 6.05. The van der Waals surface area contributed by atoms with E-state index in [9.17, 15) is 5.11 Å². The van der Waals surface area contributed by atoms with Crippen LogP contribution < -0.4 is 0 Å². The van der Waals surface area contributed by atoms with Gasteiger partial charge in [0.05, 0.1) is 6.10 Å².